The van der Waals surface area contributed by atoms with Crippen LogP contribution in [0, 0.1) is 0 Å². The van der Waals surface area contributed by atoms with Gasteiger partial charge < -0.3 is 15.0 Å². The standard InChI is InChI=1S/C12H11ClN2O2/c13-8-3-1-2-7-10(12(16)17)9-6-14-4-5-15(9)11(7)8/h1-3,14H,4-6H2,(H,16,17). The molecule has 0 unspecified atom stereocenters. The number of rotatable bonds is 1. The van der Waals surface area contributed by atoms with Gasteiger partial charge in [0.15, 0.2) is 0 Å². The Morgan fingerprint density at radius 2 is 2.29 bits per heavy atom. The zero-order valence-electron chi connectivity index (χ0n) is 9.03. The number of nitrogens with one attached hydrogen (secondary N) is 1. The summed E-state index contributed by atoms with van der Waals surface area (Å²) < 4.78 is 2.01. The molecule has 0 amide bonds. The van der Waals surface area contributed by atoms with E-state index in [4.69, 9.17) is 11.6 Å². The maximum atomic E-state index is 11.4. The van der Waals surface area contributed by atoms with Crippen LogP contribution in [0.15, 0.2) is 18.2 Å². The SMILES string of the molecule is O=C(O)c1c2n(c3c(Cl)cccc13)CCNC2. The van der Waals surface area contributed by atoms with E-state index in [1.165, 1.54) is 0 Å². The molecule has 1 aliphatic heterocycles. The smallest absolute Gasteiger partial charge is 0.338 e. The average Bonchev–Trinajstić information content (AvgIpc) is 2.64. The van der Waals surface area contributed by atoms with Gasteiger partial charge in [-0.1, -0.05) is 23.7 Å². The van der Waals surface area contributed by atoms with Crippen LogP contribution in [0.3, 0.4) is 0 Å². The van der Waals surface area contributed by atoms with Gasteiger partial charge in [0.05, 0.1) is 16.1 Å². The van der Waals surface area contributed by atoms with Crippen molar-refractivity contribution in [3.05, 3.63) is 34.5 Å². The minimum atomic E-state index is -0.894. The van der Waals surface area contributed by atoms with Crippen molar-refractivity contribution in [2.24, 2.45) is 0 Å². The Morgan fingerprint density at radius 1 is 1.47 bits per heavy atom. The molecule has 0 saturated carbocycles. The van der Waals surface area contributed by atoms with Crippen LogP contribution in [0.1, 0.15) is 16.1 Å². The highest BCUT2D eigenvalue weighted by Gasteiger charge is 2.24. The van der Waals surface area contributed by atoms with Crippen molar-refractivity contribution < 1.29 is 9.90 Å². The van der Waals surface area contributed by atoms with Gasteiger partial charge in [-0.25, -0.2) is 4.79 Å². The fourth-order valence-corrected chi connectivity index (χ4v) is 2.76. The van der Waals surface area contributed by atoms with E-state index in [1.807, 2.05) is 10.6 Å². The van der Waals surface area contributed by atoms with Crippen molar-refractivity contribution in [3.63, 3.8) is 0 Å². The summed E-state index contributed by atoms with van der Waals surface area (Å²) in [5.74, 6) is -0.894. The summed E-state index contributed by atoms with van der Waals surface area (Å²) in [6, 6.07) is 5.40. The van der Waals surface area contributed by atoms with Gasteiger partial charge in [0.25, 0.3) is 0 Å². The third kappa shape index (κ3) is 1.45. The van der Waals surface area contributed by atoms with Gasteiger partial charge in [-0.3, -0.25) is 0 Å². The second kappa shape index (κ2) is 3.75. The fraction of sp³-hybridized carbons (Fsp3) is 0.250. The molecule has 1 aromatic carbocycles. The molecule has 0 atom stereocenters. The predicted molar refractivity (Wildman–Crippen MR) is 65.6 cm³/mol. The number of hydrogen-bond acceptors (Lipinski definition) is 2. The van der Waals surface area contributed by atoms with Crippen LogP contribution >= 0.6 is 11.6 Å². The Morgan fingerprint density at radius 3 is 3.06 bits per heavy atom. The molecule has 4 nitrogen and oxygen atoms in total. The first-order valence-electron chi connectivity index (χ1n) is 5.43. The van der Waals surface area contributed by atoms with Crippen LogP contribution in [-0.4, -0.2) is 22.2 Å². The first-order chi connectivity index (χ1) is 8.20. The molecule has 2 heterocycles. The van der Waals surface area contributed by atoms with E-state index in [2.05, 4.69) is 5.32 Å². The molecule has 0 radical (unpaired) electrons. The molecule has 5 heteroatoms. The lowest BCUT2D eigenvalue weighted by Crippen LogP contribution is -2.28. The molecule has 17 heavy (non-hydrogen) atoms. The predicted octanol–water partition coefficient (Wildman–Crippen LogP) is 2.10. The summed E-state index contributed by atoms with van der Waals surface area (Å²) >= 11 is 6.18. The minimum absolute atomic E-state index is 0.370. The van der Waals surface area contributed by atoms with Crippen molar-refractivity contribution in [1.82, 2.24) is 9.88 Å². The monoisotopic (exact) mass is 250 g/mol. The summed E-state index contributed by atoms with van der Waals surface area (Å²) in [6.45, 7) is 2.16. The Bertz CT molecular complexity index is 618. The number of nitrogens with zero attached hydrogens (tertiary/aromatic N) is 1. The molecule has 0 saturated heterocycles. The van der Waals surface area contributed by atoms with E-state index in [0.29, 0.717) is 17.1 Å². The number of carboxylic acid groups (broad SMARTS) is 1. The van der Waals surface area contributed by atoms with Crippen molar-refractivity contribution in [1.29, 1.82) is 0 Å². The van der Waals surface area contributed by atoms with Crippen LogP contribution in [0.25, 0.3) is 10.9 Å². The first kappa shape index (κ1) is 10.6. The number of benzene rings is 1. The second-order valence-electron chi connectivity index (χ2n) is 4.09. The fourth-order valence-electron chi connectivity index (χ4n) is 2.48. The second-order valence-corrected chi connectivity index (χ2v) is 4.50. The number of aromatic carboxylic acids is 1. The van der Waals surface area contributed by atoms with Gasteiger partial charge in [-0.15, -0.1) is 0 Å². The van der Waals surface area contributed by atoms with Crippen LogP contribution in [-0.2, 0) is 13.1 Å². The molecule has 2 aromatic rings. The van der Waals surface area contributed by atoms with E-state index >= 15 is 0 Å². The lowest BCUT2D eigenvalue weighted by Gasteiger charge is -2.18. The van der Waals surface area contributed by atoms with Crippen LogP contribution < -0.4 is 5.32 Å². The van der Waals surface area contributed by atoms with E-state index in [1.54, 1.807) is 12.1 Å². The molecular weight excluding hydrogens is 240 g/mol. The van der Waals surface area contributed by atoms with Gasteiger partial charge in [-0.05, 0) is 6.07 Å². The van der Waals surface area contributed by atoms with Crippen molar-refractivity contribution in [3.8, 4) is 0 Å². The quantitative estimate of drug-likeness (QED) is 0.815. The van der Waals surface area contributed by atoms with Crippen LogP contribution in [0.2, 0.25) is 5.02 Å². The number of fused-ring (bicyclic) bond motifs is 3. The Kier molecular flexibility index (Phi) is 2.34. The third-order valence-corrected chi connectivity index (χ3v) is 3.46. The van der Waals surface area contributed by atoms with E-state index in [0.717, 1.165) is 29.7 Å². The summed E-state index contributed by atoms with van der Waals surface area (Å²) in [6.07, 6.45) is 0. The Hall–Kier alpha value is -1.52. The van der Waals surface area contributed by atoms with E-state index in [-0.39, 0.29) is 0 Å². The summed E-state index contributed by atoms with van der Waals surface area (Å²) in [5, 5.41) is 13.9. The van der Waals surface area contributed by atoms with E-state index in [9.17, 15) is 9.90 Å². The summed E-state index contributed by atoms with van der Waals surface area (Å²) in [7, 11) is 0. The largest absolute Gasteiger partial charge is 0.478 e. The summed E-state index contributed by atoms with van der Waals surface area (Å²) in [5.41, 5.74) is 2.02. The van der Waals surface area contributed by atoms with Gasteiger partial charge in [0, 0.05) is 30.7 Å². The first-order valence-corrected chi connectivity index (χ1v) is 5.81. The zero-order chi connectivity index (χ0) is 12.0. The number of para-hydroxylation sites is 1. The third-order valence-electron chi connectivity index (χ3n) is 3.16. The topological polar surface area (TPSA) is 54.3 Å². The number of halogens is 1. The number of hydrogen-bond donors (Lipinski definition) is 2. The van der Waals surface area contributed by atoms with Crippen LogP contribution in [0.4, 0.5) is 0 Å². The highest BCUT2D eigenvalue weighted by atomic mass is 35.5. The zero-order valence-corrected chi connectivity index (χ0v) is 9.79. The van der Waals surface area contributed by atoms with E-state index < -0.39 is 5.97 Å². The van der Waals surface area contributed by atoms with Crippen LogP contribution in [0.5, 0.6) is 0 Å². The Balaban J connectivity index is 2.46. The molecule has 0 spiro atoms. The maximum absolute atomic E-state index is 11.4. The lowest BCUT2D eigenvalue weighted by molar-refractivity contribution is 0.0697. The highest BCUT2D eigenvalue weighted by molar-refractivity contribution is 6.35. The molecule has 88 valence electrons. The number of carboxylic acids is 1. The van der Waals surface area contributed by atoms with Crippen molar-refractivity contribution in [2.45, 2.75) is 13.1 Å². The number of carbonyl (C=O) groups is 1. The molecule has 0 aliphatic carbocycles. The summed E-state index contributed by atoms with van der Waals surface area (Å²) in [4.78, 5) is 11.4. The van der Waals surface area contributed by atoms with Gasteiger partial charge >= 0.3 is 5.97 Å². The van der Waals surface area contributed by atoms with Crippen molar-refractivity contribution >= 4 is 28.5 Å². The molecule has 2 N–H and O–H groups in total. The molecular formula is C12H11ClN2O2. The molecule has 0 bridgehead atoms. The average molecular weight is 251 g/mol. The maximum Gasteiger partial charge on any atom is 0.338 e. The Labute approximate surface area is 103 Å². The number of aromatic nitrogens is 1. The molecule has 3 rings (SSSR count). The molecule has 1 aromatic heterocycles. The minimum Gasteiger partial charge on any atom is -0.478 e. The van der Waals surface area contributed by atoms with Crippen molar-refractivity contribution in [2.75, 3.05) is 6.54 Å². The normalized spacial score (nSPS) is 14.9. The van der Waals surface area contributed by atoms with Gasteiger partial charge in [-0.2, -0.15) is 0 Å². The van der Waals surface area contributed by atoms with Gasteiger partial charge in [0.1, 0.15) is 0 Å². The lowest BCUT2D eigenvalue weighted by atomic mass is 10.1. The highest BCUT2D eigenvalue weighted by Crippen LogP contribution is 2.32. The molecule has 1 aliphatic rings. The molecule has 0 fully saturated rings. The van der Waals surface area contributed by atoms with Gasteiger partial charge in [0.2, 0.25) is 0 Å².